The second-order valence-corrected chi connectivity index (χ2v) is 3.08. The molecule has 0 aliphatic heterocycles. The Hall–Kier alpha value is 3.78. The summed E-state index contributed by atoms with van der Waals surface area (Å²) in [7, 11) is -9.28. The molecule has 13 heavy (non-hydrogen) atoms. The van der Waals surface area contributed by atoms with E-state index in [2.05, 4.69) is 0 Å². The fourth-order valence-corrected chi connectivity index (χ4v) is 0. The molecule has 0 saturated heterocycles. The molecule has 13 heteroatoms. The Bertz CT molecular complexity index is 132. The monoisotopic (exact) mass is 312 g/mol. The molecule has 0 aromatic carbocycles. The van der Waals surface area contributed by atoms with Crippen molar-refractivity contribution in [2.24, 2.45) is 0 Å². The van der Waals surface area contributed by atoms with Gasteiger partial charge in [-0.2, -0.15) is 0 Å². The first-order chi connectivity index (χ1) is 4.00. The van der Waals surface area contributed by atoms with Gasteiger partial charge in [-0.25, -0.2) is 9.13 Å². The molecule has 0 amide bonds. The van der Waals surface area contributed by atoms with Crippen molar-refractivity contribution in [3.8, 4) is 0 Å². The van der Waals surface area contributed by atoms with Crippen LogP contribution in [0.2, 0.25) is 0 Å². The van der Waals surface area contributed by atoms with Crippen LogP contribution in [0.15, 0.2) is 0 Å². The fraction of sp³-hybridized carbons (Fsp3) is 0. The van der Waals surface area contributed by atoms with Crippen LogP contribution in [0.25, 0.3) is 0 Å². The Morgan fingerprint density at radius 1 is 0.615 bits per heavy atom. The molecule has 0 spiro atoms. The second kappa shape index (κ2) is 13.8. The van der Waals surface area contributed by atoms with E-state index in [0.717, 1.165) is 0 Å². The average molecular weight is 313 g/mol. The van der Waals surface area contributed by atoms with E-state index >= 15 is 0 Å². The topological polar surface area (TPSA) is 156 Å². The van der Waals surface area contributed by atoms with Gasteiger partial charge in [-0.05, 0) is 0 Å². The Kier molecular flexibility index (Phi) is 32.1. The molecule has 0 bridgehead atoms. The van der Waals surface area contributed by atoms with E-state index in [1.165, 1.54) is 0 Å². The summed E-state index contributed by atoms with van der Waals surface area (Å²) >= 11 is 0. The first-order valence-corrected chi connectivity index (χ1v) is 4.70. The van der Waals surface area contributed by atoms with Gasteiger partial charge in [0.2, 0.25) is 0 Å². The molecule has 0 aliphatic carbocycles. The predicted molar refractivity (Wildman–Crippen MR) is 50.1 cm³/mol. The third kappa shape index (κ3) is 210. The normalized spacial score (nSPS) is 9.08. The zero-order chi connectivity index (χ0) is 9.00. The Morgan fingerprint density at radius 3 is 0.615 bits per heavy atom. The fourth-order valence-electron chi connectivity index (χ4n) is 0. The number of rotatable bonds is 0. The second-order valence-electron chi connectivity index (χ2n) is 1.03. The number of halogens is 1. The molecule has 0 rings (SSSR count). The molecule has 0 fully saturated rings. The summed E-state index contributed by atoms with van der Waals surface area (Å²) in [5.41, 5.74) is 0. The summed E-state index contributed by atoms with van der Waals surface area (Å²) in [5, 5.41) is 0. The maximum atomic E-state index is 8.88. The van der Waals surface area contributed by atoms with Crippen molar-refractivity contribution in [3.63, 3.8) is 0 Å². The van der Waals surface area contributed by atoms with Crippen LogP contribution in [-0.4, -0.2) is 132 Å². The molecule has 0 aromatic heterocycles. The van der Waals surface area contributed by atoms with E-state index in [0.29, 0.717) is 0 Å². The van der Waals surface area contributed by atoms with Gasteiger partial charge in [0.1, 0.15) is 0 Å². The number of hydrogen-bond donors (Lipinski definition) is 6. The van der Waals surface area contributed by atoms with Gasteiger partial charge < -0.3 is 29.4 Å². The van der Waals surface area contributed by atoms with Gasteiger partial charge in [0.05, 0.1) is 0 Å². The van der Waals surface area contributed by atoms with E-state index < -0.39 is 15.6 Å². The summed E-state index contributed by atoms with van der Waals surface area (Å²) in [6.07, 6.45) is 0. The minimum atomic E-state index is -4.64. The summed E-state index contributed by atoms with van der Waals surface area (Å²) < 4.78 is 17.8. The molecular formula is H9ClK2O8P2. The van der Waals surface area contributed by atoms with Gasteiger partial charge in [-0.1, -0.05) is 0 Å². The molecule has 0 unspecified atom stereocenters. The van der Waals surface area contributed by atoms with Crippen molar-refractivity contribution in [2.45, 2.75) is 0 Å². The molecule has 0 aliphatic rings. The van der Waals surface area contributed by atoms with E-state index in [-0.39, 0.29) is 115 Å². The van der Waals surface area contributed by atoms with E-state index in [1.54, 1.807) is 0 Å². The third-order valence-corrected chi connectivity index (χ3v) is 0. The SMILES string of the molecule is Cl.O=P(O)(O)O.O=P(O)(O)O.[KH].[KH]. The van der Waals surface area contributed by atoms with Crippen molar-refractivity contribution in [1.29, 1.82) is 0 Å². The van der Waals surface area contributed by atoms with E-state index in [1.807, 2.05) is 0 Å². The average Bonchev–Trinajstić information content (AvgIpc) is 1.12. The van der Waals surface area contributed by atoms with Crippen LogP contribution in [0.4, 0.5) is 0 Å². The predicted octanol–water partition coefficient (Wildman–Crippen LogP) is -2.73. The van der Waals surface area contributed by atoms with Crippen LogP contribution in [0.3, 0.4) is 0 Å². The van der Waals surface area contributed by atoms with Crippen molar-refractivity contribution < 1.29 is 38.5 Å². The van der Waals surface area contributed by atoms with Crippen LogP contribution in [0.1, 0.15) is 0 Å². The van der Waals surface area contributed by atoms with Crippen molar-refractivity contribution in [1.82, 2.24) is 0 Å². The van der Waals surface area contributed by atoms with Gasteiger partial charge in [-0.3, -0.25) is 0 Å². The first kappa shape index (κ1) is 30.1. The van der Waals surface area contributed by atoms with Crippen LogP contribution < -0.4 is 0 Å². The molecular weight excluding hydrogens is 304 g/mol. The zero-order valence-electron chi connectivity index (χ0n) is 4.80. The van der Waals surface area contributed by atoms with Crippen LogP contribution in [-0.2, 0) is 9.13 Å². The first-order valence-electron chi connectivity index (χ1n) is 1.57. The van der Waals surface area contributed by atoms with Crippen molar-refractivity contribution >= 4 is 131 Å². The van der Waals surface area contributed by atoms with Crippen molar-refractivity contribution in [2.75, 3.05) is 0 Å². The Morgan fingerprint density at radius 2 is 0.615 bits per heavy atom. The van der Waals surface area contributed by atoms with Gasteiger partial charge in [-0.15, -0.1) is 12.4 Å². The summed E-state index contributed by atoms with van der Waals surface area (Å²) in [6.45, 7) is 0. The van der Waals surface area contributed by atoms with E-state index in [4.69, 9.17) is 38.5 Å². The summed E-state index contributed by atoms with van der Waals surface area (Å²) in [6, 6.07) is 0. The van der Waals surface area contributed by atoms with Gasteiger partial charge in [0.15, 0.2) is 0 Å². The molecule has 0 radical (unpaired) electrons. The molecule has 0 heterocycles. The molecule has 8 nitrogen and oxygen atoms in total. The van der Waals surface area contributed by atoms with Crippen molar-refractivity contribution in [3.05, 3.63) is 0 Å². The van der Waals surface area contributed by atoms with Gasteiger partial charge >= 0.3 is 118 Å². The van der Waals surface area contributed by atoms with Crippen LogP contribution in [0.5, 0.6) is 0 Å². The van der Waals surface area contributed by atoms with Gasteiger partial charge in [0, 0.05) is 0 Å². The van der Waals surface area contributed by atoms with Crippen LogP contribution in [0, 0.1) is 0 Å². The third-order valence-electron chi connectivity index (χ3n) is 0. The summed E-state index contributed by atoms with van der Waals surface area (Å²) in [4.78, 5) is 43.1. The number of phosphoric acid groups is 2. The molecule has 6 N–H and O–H groups in total. The van der Waals surface area contributed by atoms with Crippen LogP contribution >= 0.6 is 28.1 Å². The minimum absolute atomic E-state index is 0. The quantitative estimate of drug-likeness (QED) is 0.208. The number of hydrogen-bond acceptors (Lipinski definition) is 2. The standard InChI is InChI=1S/ClH.2K.2H3O4P.2H/c;;;2*1-5(2,3)4;;/h1H;;;2*(H3,1,2,3,4);;. The maximum absolute atomic E-state index is 8.88. The molecule has 0 aromatic rings. The van der Waals surface area contributed by atoms with E-state index in [9.17, 15) is 0 Å². The molecule has 0 atom stereocenters. The van der Waals surface area contributed by atoms with Gasteiger partial charge in [0.25, 0.3) is 0 Å². The Balaban J connectivity index is -0.0000000267. The summed E-state index contributed by atoms with van der Waals surface area (Å²) in [5.74, 6) is 0. The molecule has 0 saturated carbocycles. The molecule has 76 valence electrons. The Labute approximate surface area is 165 Å². The zero-order valence-corrected chi connectivity index (χ0v) is 7.41.